The van der Waals surface area contributed by atoms with Crippen molar-refractivity contribution in [1.82, 2.24) is 0 Å². The molecule has 0 heterocycles. The third-order valence-corrected chi connectivity index (χ3v) is 0. The predicted molar refractivity (Wildman–Crippen MR) is 67.6 cm³/mol. The van der Waals surface area contributed by atoms with Gasteiger partial charge in [-0.25, -0.2) is 0 Å². The maximum Gasteiger partial charge on any atom is 0 e. The van der Waals surface area contributed by atoms with Crippen LogP contribution >= 0.6 is 95.9 Å². The van der Waals surface area contributed by atoms with Gasteiger partial charge in [0.2, 0.25) is 0 Å². The molecule has 0 aliphatic rings. The largest absolute Gasteiger partial charge is 0 e. The van der Waals surface area contributed by atoms with E-state index in [1.54, 1.807) is 0 Å². The summed E-state index contributed by atoms with van der Waals surface area (Å²) < 4.78 is 0. The monoisotopic (exact) mass is 781 g/mol. The minimum atomic E-state index is 0. The molecule has 0 spiro atoms. The normalized spacial score (nSPS) is 0. The Labute approximate surface area is 212 Å². The van der Waals surface area contributed by atoms with Gasteiger partial charge in [-0.1, -0.05) is 0 Å². The second-order valence-electron chi connectivity index (χ2n) is 0. The van der Waals surface area contributed by atoms with Gasteiger partial charge in [-0.3, -0.25) is 0 Å². The van der Waals surface area contributed by atoms with Gasteiger partial charge in [0.05, 0.1) is 0 Å². The van der Waals surface area contributed by atoms with Crippen LogP contribution in [-0.2, 0) is 21.1 Å². The van der Waals surface area contributed by atoms with Crippen molar-refractivity contribution in [2.75, 3.05) is 0 Å². The summed E-state index contributed by atoms with van der Waals surface area (Å²) in [5.41, 5.74) is 0. The van der Waals surface area contributed by atoms with Gasteiger partial charge in [-0.05, 0) is 0 Å². The van der Waals surface area contributed by atoms with Crippen LogP contribution in [0.2, 0.25) is 0 Å². The van der Waals surface area contributed by atoms with Crippen LogP contribution in [0.15, 0.2) is 0 Å². The van der Waals surface area contributed by atoms with Crippen molar-refractivity contribution in [1.29, 1.82) is 0 Å². The SMILES string of the molecule is [I].[I].[I].[I].[K].[K].[Pt]. The first-order chi connectivity index (χ1) is 0. The second kappa shape index (κ2) is 38.4. The average molecular weight is 781 g/mol. The van der Waals surface area contributed by atoms with Crippen LogP contribution < -0.4 is 0 Å². The zero-order chi connectivity index (χ0) is 0. The Kier molecular flexibility index (Phi) is 267. The number of hydrogen-bond donors (Lipinski definition) is 0. The van der Waals surface area contributed by atoms with E-state index in [2.05, 4.69) is 0 Å². The van der Waals surface area contributed by atoms with Gasteiger partial charge in [0, 0.05) is 220 Å². The maximum atomic E-state index is 0. The number of rotatable bonds is 0. The standard InChI is InChI=1S/4I.2K.Pt. The zero-order valence-corrected chi connectivity index (χ0v) is 21.0. The zero-order valence-electron chi connectivity index (χ0n) is 3.83. The molecule has 0 atom stereocenters. The summed E-state index contributed by atoms with van der Waals surface area (Å²) in [6.45, 7) is 0. The van der Waals surface area contributed by atoms with Gasteiger partial charge in [0.15, 0.2) is 0 Å². The molecule has 0 amide bonds. The molecular formula is I4K2Pt. The van der Waals surface area contributed by atoms with E-state index in [0.717, 1.165) is 0 Å². The van der Waals surface area contributed by atoms with Crippen molar-refractivity contribution in [2.45, 2.75) is 0 Å². The molecule has 0 aromatic heterocycles. The number of halogens is 4. The molecule has 0 unspecified atom stereocenters. The first-order valence-electron chi connectivity index (χ1n) is 0. The predicted octanol–water partition coefficient (Wildman–Crippen LogP) is 2.78. The van der Waals surface area contributed by atoms with Crippen molar-refractivity contribution in [3.8, 4) is 0 Å². The van der Waals surface area contributed by atoms with Crippen molar-refractivity contribution >= 4 is 199 Å². The fraction of sp³-hybridized carbons (Fsp3) is 0. The summed E-state index contributed by atoms with van der Waals surface area (Å²) in [5.74, 6) is 0. The Hall–Kier alpha value is 6.88. The van der Waals surface area contributed by atoms with E-state index >= 15 is 0 Å². The fourth-order valence-corrected chi connectivity index (χ4v) is 0. The van der Waals surface area contributed by atoms with Crippen LogP contribution in [0.4, 0.5) is 0 Å². The second-order valence-corrected chi connectivity index (χ2v) is 0. The first-order valence-corrected chi connectivity index (χ1v) is 0. The summed E-state index contributed by atoms with van der Waals surface area (Å²) in [7, 11) is 0. The fourth-order valence-electron chi connectivity index (χ4n) is 0. The first kappa shape index (κ1) is 48.6. The summed E-state index contributed by atoms with van der Waals surface area (Å²) >= 11 is 0. The van der Waals surface area contributed by atoms with Crippen molar-refractivity contribution in [3.05, 3.63) is 0 Å². The molecule has 0 fully saturated rings. The summed E-state index contributed by atoms with van der Waals surface area (Å²) in [4.78, 5) is 0. The van der Waals surface area contributed by atoms with Crippen LogP contribution in [0, 0.1) is 0 Å². The van der Waals surface area contributed by atoms with E-state index in [0.29, 0.717) is 0 Å². The molecule has 0 N–H and O–H groups in total. The third kappa shape index (κ3) is 32.2. The topological polar surface area (TPSA) is 0 Å². The summed E-state index contributed by atoms with van der Waals surface area (Å²) in [6.07, 6.45) is 0. The van der Waals surface area contributed by atoms with Crippen molar-refractivity contribution in [3.63, 3.8) is 0 Å². The van der Waals surface area contributed by atoms with E-state index in [1.165, 1.54) is 0 Å². The molecule has 0 aliphatic carbocycles. The quantitative estimate of drug-likeness (QED) is 0.263. The van der Waals surface area contributed by atoms with Gasteiger partial charge >= 0.3 is 0 Å². The molecule has 7 heteroatoms. The van der Waals surface area contributed by atoms with Crippen LogP contribution in [0.25, 0.3) is 0 Å². The molecule has 0 aliphatic heterocycles. The van der Waals surface area contributed by atoms with E-state index in [1.807, 2.05) is 0 Å². The summed E-state index contributed by atoms with van der Waals surface area (Å²) in [5, 5.41) is 0. The molecule has 7 heavy (non-hydrogen) atoms. The van der Waals surface area contributed by atoms with Gasteiger partial charge in [0.25, 0.3) is 0 Å². The minimum absolute atomic E-state index is 0. The summed E-state index contributed by atoms with van der Waals surface area (Å²) in [6, 6.07) is 0. The molecule has 0 nitrogen and oxygen atoms in total. The Morgan fingerprint density at radius 3 is 0.429 bits per heavy atom. The Bertz CT molecular complexity index is 9.65. The molecule has 40 valence electrons. The van der Waals surface area contributed by atoms with Gasteiger partial charge < -0.3 is 0 Å². The van der Waals surface area contributed by atoms with E-state index in [4.69, 9.17) is 0 Å². The maximum absolute atomic E-state index is 0. The molecule has 0 aromatic carbocycles. The molecule has 0 bridgehead atoms. The van der Waals surface area contributed by atoms with Gasteiger partial charge in [-0.2, -0.15) is 0 Å². The average Bonchev–Trinajstić information content (AvgIpc) is 0. The molecule has 0 rings (SSSR count). The van der Waals surface area contributed by atoms with Crippen LogP contribution in [0.5, 0.6) is 0 Å². The van der Waals surface area contributed by atoms with Crippen LogP contribution in [-0.4, -0.2) is 103 Å². The van der Waals surface area contributed by atoms with E-state index < -0.39 is 0 Å². The molecule has 0 saturated heterocycles. The molecule has 0 aromatic rings. The minimum Gasteiger partial charge on any atom is 0 e. The Morgan fingerprint density at radius 2 is 0.429 bits per heavy atom. The van der Waals surface area contributed by atoms with Crippen LogP contribution in [0.1, 0.15) is 0 Å². The molecule has 0 saturated carbocycles. The van der Waals surface area contributed by atoms with Gasteiger partial charge in [-0.15, -0.1) is 0 Å². The third-order valence-electron chi connectivity index (χ3n) is 0. The van der Waals surface area contributed by atoms with E-state index in [-0.39, 0.29) is 220 Å². The molecular weight excluding hydrogens is 781 g/mol. The van der Waals surface area contributed by atoms with Crippen LogP contribution in [0.3, 0.4) is 0 Å². The smallest absolute Gasteiger partial charge is 0 e. The van der Waals surface area contributed by atoms with E-state index in [9.17, 15) is 0 Å². The molecule has 6 radical (unpaired) electrons. The van der Waals surface area contributed by atoms with Crippen molar-refractivity contribution < 1.29 is 21.1 Å². The van der Waals surface area contributed by atoms with Gasteiger partial charge in [0.1, 0.15) is 0 Å². The van der Waals surface area contributed by atoms with Crippen molar-refractivity contribution in [2.24, 2.45) is 0 Å². The Balaban J connectivity index is 0. The number of hydrogen-bond acceptors (Lipinski definition) is 0. The Morgan fingerprint density at radius 1 is 0.429 bits per heavy atom.